The molecule has 0 saturated carbocycles. The predicted molar refractivity (Wildman–Crippen MR) is 110 cm³/mol. The van der Waals surface area contributed by atoms with E-state index < -0.39 is 0 Å². The van der Waals surface area contributed by atoms with Gasteiger partial charge in [-0.05, 0) is 25.1 Å². The van der Waals surface area contributed by atoms with Crippen LogP contribution in [-0.4, -0.2) is 37.1 Å². The molecule has 8 heteroatoms. The molecular weight excluding hydrogens is 372 g/mol. The highest BCUT2D eigenvalue weighted by atomic mass is 16.5. The maximum atomic E-state index is 12.1. The molecule has 29 heavy (non-hydrogen) atoms. The Morgan fingerprint density at radius 2 is 1.79 bits per heavy atom. The van der Waals surface area contributed by atoms with Crippen LogP contribution in [0, 0.1) is 6.92 Å². The highest BCUT2D eigenvalue weighted by molar-refractivity contribution is 6.07. The van der Waals surface area contributed by atoms with Crippen LogP contribution in [0.1, 0.15) is 16.1 Å². The number of nitrogens with one attached hydrogen (secondary N) is 2. The molecule has 0 unspecified atom stereocenters. The number of aromatic nitrogens is 2. The van der Waals surface area contributed by atoms with Crippen LogP contribution in [0.4, 0.5) is 11.5 Å². The number of aryl methyl sites for hydroxylation is 1. The lowest BCUT2D eigenvalue weighted by atomic mass is 10.1. The smallest absolute Gasteiger partial charge is 0.255 e. The van der Waals surface area contributed by atoms with Crippen LogP contribution in [0.5, 0.6) is 11.5 Å². The zero-order valence-corrected chi connectivity index (χ0v) is 16.5. The molecule has 4 aromatic rings. The van der Waals surface area contributed by atoms with Gasteiger partial charge in [0.25, 0.3) is 5.91 Å². The summed E-state index contributed by atoms with van der Waals surface area (Å²) in [4.78, 5) is 20.8. The van der Waals surface area contributed by atoms with Crippen LogP contribution in [0.3, 0.4) is 0 Å². The van der Waals surface area contributed by atoms with Gasteiger partial charge in [0, 0.05) is 35.6 Å². The molecule has 2 N–H and O–H groups in total. The van der Waals surface area contributed by atoms with Crippen molar-refractivity contribution in [1.29, 1.82) is 0 Å². The first-order chi connectivity index (χ1) is 14.0. The molecule has 0 spiro atoms. The van der Waals surface area contributed by atoms with Crippen molar-refractivity contribution in [2.75, 3.05) is 26.6 Å². The third kappa shape index (κ3) is 3.18. The van der Waals surface area contributed by atoms with Crippen molar-refractivity contribution in [1.82, 2.24) is 15.3 Å². The van der Waals surface area contributed by atoms with Gasteiger partial charge in [-0.15, -0.1) is 0 Å². The van der Waals surface area contributed by atoms with Gasteiger partial charge in [-0.3, -0.25) is 4.79 Å². The molecule has 1 amide bonds. The maximum absolute atomic E-state index is 12.1. The Bertz CT molecular complexity index is 1230. The fourth-order valence-corrected chi connectivity index (χ4v) is 3.32. The number of ether oxygens (including phenoxy) is 2. The quantitative estimate of drug-likeness (QED) is 0.533. The van der Waals surface area contributed by atoms with Crippen LogP contribution >= 0.6 is 0 Å². The van der Waals surface area contributed by atoms with Gasteiger partial charge >= 0.3 is 0 Å². The molecule has 0 radical (unpaired) electrons. The van der Waals surface area contributed by atoms with Crippen molar-refractivity contribution in [3.05, 3.63) is 48.0 Å². The summed E-state index contributed by atoms with van der Waals surface area (Å²) in [5, 5.41) is 7.47. The Balaban J connectivity index is 1.77. The number of fused-ring (bicyclic) bond motifs is 2. The summed E-state index contributed by atoms with van der Waals surface area (Å²) in [6.45, 7) is 1.77. The Morgan fingerprint density at radius 3 is 2.52 bits per heavy atom. The third-order valence-electron chi connectivity index (χ3n) is 4.72. The van der Waals surface area contributed by atoms with E-state index in [2.05, 4.69) is 20.6 Å². The van der Waals surface area contributed by atoms with E-state index in [4.69, 9.17) is 13.9 Å². The summed E-state index contributed by atoms with van der Waals surface area (Å²) in [7, 11) is 4.76. The second kappa shape index (κ2) is 7.31. The van der Waals surface area contributed by atoms with E-state index >= 15 is 0 Å². The molecule has 2 heterocycles. The maximum Gasteiger partial charge on any atom is 0.255 e. The number of hydrogen-bond donors (Lipinski definition) is 2. The van der Waals surface area contributed by atoms with Crippen LogP contribution in [0.15, 0.2) is 41.1 Å². The van der Waals surface area contributed by atoms with Crippen molar-refractivity contribution in [2.45, 2.75) is 6.92 Å². The summed E-state index contributed by atoms with van der Waals surface area (Å²) < 4.78 is 16.5. The molecule has 0 fully saturated rings. The number of amides is 1. The van der Waals surface area contributed by atoms with E-state index in [0.29, 0.717) is 34.2 Å². The van der Waals surface area contributed by atoms with Gasteiger partial charge in [0.15, 0.2) is 11.5 Å². The fraction of sp³-hybridized carbons (Fsp3) is 0.190. The number of furan rings is 1. The highest BCUT2D eigenvalue weighted by Crippen LogP contribution is 2.35. The first kappa shape index (κ1) is 18.5. The SMILES string of the molecule is CNC(=O)c1c(C)oc2cc(Nc3ncnc4cc(OC)c(OC)cc34)ccc12. The molecule has 0 aliphatic heterocycles. The third-order valence-corrected chi connectivity index (χ3v) is 4.72. The zero-order valence-electron chi connectivity index (χ0n) is 16.5. The van der Waals surface area contributed by atoms with Gasteiger partial charge in [0.05, 0.1) is 25.3 Å². The van der Waals surface area contributed by atoms with Gasteiger partial charge in [0.2, 0.25) is 0 Å². The lowest BCUT2D eigenvalue weighted by Crippen LogP contribution is -2.18. The van der Waals surface area contributed by atoms with E-state index in [0.717, 1.165) is 22.0 Å². The van der Waals surface area contributed by atoms with Crippen LogP contribution in [0.25, 0.3) is 21.9 Å². The number of carbonyl (C=O) groups excluding carboxylic acids is 1. The number of hydrogen-bond acceptors (Lipinski definition) is 7. The second-order valence-electron chi connectivity index (χ2n) is 6.39. The second-order valence-corrected chi connectivity index (χ2v) is 6.39. The minimum Gasteiger partial charge on any atom is -0.493 e. The molecule has 0 atom stereocenters. The lowest BCUT2D eigenvalue weighted by Gasteiger charge is -2.12. The lowest BCUT2D eigenvalue weighted by molar-refractivity contribution is 0.0963. The Hall–Kier alpha value is -3.81. The molecule has 2 aromatic carbocycles. The summed E-state index contributed by atoms with van der Waals surface area (Å²) in [6.07, 6.45) is 1.48. The van der Waals surface area contributed by atoms with E-state index in [1.807, 2.05) is 24.3 Å². The van der Waals surface area contributed by atoms with Gasteiger partial charge in [-0.1, -0.05) is 0 Å². The summed E-state index contributed by atoms with van der Waals surface area (Å²) in [5.41, 5.74) is 2.64. The van der Waals surface area contributed by atoms with E-state index in [1.165, 1.54) is 6.33 Å². The molecular formula is C21H20N4O4. The van der Waals surface area contributed by atoms with E-state index in [-0.39, 0.29) is 5.91 Å². The Morgan fingerprint density at radius 1 is 1.03 bits per heavy atom. The van der Waals surface area contributed by atoms with Crippen LogP contribution in [0.2, 0.25) is 0 Å². The summed E-state index contributed by atoms with van der Waals surface area (Å²) in [6, 6.07) is 9.19. The van der Waals surface area contributed by atoms with Crippen LogP contribution in [-0.2, 0) is 0 Å². The minimum absolute atomic E-state index is 0.176. The van der Waals surface area contributed by atoms with Crippen molar-refractivity contribution < 1.29 is 18.7 Å². The average Bonchev–Trinajstić information content (AvgIpc) is 3.07. The number of nitrogens with zero attached hydrogens (tertiary/aromatic N) is 2. The van der Waals surface area contributed by atoms with Crippen molar-refractivity contribution >= 4 is 39.3 Å². The monoisotopic (exact) mass is 392 g/mol. The van der Waals surface area contributed by atoms with Gasteiger partial charge in [0.1, 0.15) is 23.5 Å². The minimum atomic E-state index is -0.176. The fourth-order valence-electron chi connectivity index (χ4n) is 3.32. The van der Waals surface area contributed by atoms with E-state index in [1.54, 1.807) is 34.3 Å². The molecule has 0 bridgehead atoms. The molecule has 0 aliphatic carbocycles. The number of methoxy groups -OCH3 is 2. The average molecular weight is 392 g/mol. The molecule has 0 aliphatic rings. The Kier molecular flexibility index (Phi) is 4.67. The zero-order chi connectivity index (χ0) is 20.5. The topological polar surface area (TPSA) is 98.5 Å². The molecule has 8 nitrogen and oxygen atoms in total. The van der Waals surface area contributed by atoms with Gasteiger partial charge in [-0.25, -0.2) is 9.97 Å². The molecule has 0 saturated heterocycles. The van der Waals surface area contributed by atoms with Crippen molar-refractivity contribution in [3.63, 3.8) is 0 Å². The van der Waals surface area contributed by atoms with Crippen molar-refractivity contribution in [2.24, 2.45) is 0 Å². The highest BCUT2D eigenvalue weighted by Gasteiger charge is 2.18. The van der Waals surface area contributed by atoms with Crippen LogP contribution < -0.4 is 20.1 Å². The number of rotatable bonds is 5. The van der Waals surface area contributed by atoms with Gasteiger partial charge in [-0.2, -0.15) is 0 Å². The molecule has 148 valence electrons. The normalized spacial score (nSPS) is 10.9. The summed E-state index contributed by atoms with van der Waals surface area (Å²) in [5.74, 6) is 2.19. The molecule has 4 rings (SSSR count). The largest absolute Gasteiger partial charge is 0.493 e. The van der Waals surface area contributed by atoms with E-state index in [9.17, 15) is 4.79 Å². The predicted octanol–water partition coefficient (Wildman–Crippen LogP) is 3.80. The number of anilines is 2. The number of carbonyl (C=O) groups is 1. The van der Waals surface area contributed by atoms with Crippen molar-refractivity contribution in [3.8, 4) is 11.5 Å². The number of benzene rings is 2. The Labute approximate surface area is 166 Å². The standard InChI is InChI=1S/C21H20N4O4/c1-11-19(21(26)22-2)13-6-5-12(7-16(13)29-11)25-20-14-8-17(27-3)18(28-4)9-15(14)23-10-24-20/h5-10H,1-4H3,(H,22,26)(H,23,24,25). The summed E-state index contributed by atoms with van der Waals surface area (Å²) >= 11 is 0. The molecule has 2 aromatic heterocycles. The first-order valence-electron chi connectivity index (χ1n) is 8.94. The van der Waals surface area contributed by atoms with Gasteiger partial charge < -0.3 is 24.5 Å². The first-order valence-corrected chi connectivity index (χ1v) is 8.94.